The van der Waals surface area contributed by atoms with E-state index in [1.54, 1.807) is 31.4 Å². The minimum atomic E-state index is -0.500. The van der Waals surface area contributed by atoms with Crippen LogP contribution in [0.25, 0.3) is 28.2 Å². The van der Waals surface area contributed by atoms with Crippen LogP contribution in [-0.2, 0) is 22.4 Å². The van der Waals surface area contributed by atoms with Gasteiger partial charge in [-0.05, 0) is 71.2 Å². The number of halogens is 2. The largest absolute Gasteiger partial charge is 0.490 e. The molecule has 5 rings (SSSR count). The molecule has 0 unspecified atom stereocenters. The van der Waals surface area contributed by atoms with Crippen LogP contribution in [0.2, 0.25) is 5.02 Å². The zero-order chi connectivity index (χ0) is 28.5. The molecule has 206 valence electrons. The van der Waals surface area contributed by atoms with E-state index in [2.05, 4.69) is 0 Å². The predicted molar refractivity (Wildman–Crippen MR) is 150 cm³/mol. The Kier molecular flexibility index (Phi) is 8.28. The molecule has 0 spiro atoms. The Morgan fingerprint density at radius 2 is 1.95 bits per heavy atom. The molecule has 4 aromatic rings. The second kappa shape index (κ2) is 11.3. The van der Waals surface area contributed by atoms with Gasteiger partial charge < -0.3 is 14.6 Å². The van der Waals surface area contributed by atoms with Crippen molar-refractivity contribution in [3.05, 3.63) is 69.6 Å². The monoisotopic (exact) mass is 553 g/mol. The van der Waals surface area contributed by atoms with Gasteiger partial charge in [0.1, 0.15) is 0 Å². The van der Waals surface area contributed by atoms with Gasteiger partial charge in [-0.1, -0.05) is 23.7 Å². The molecule has 0 aliphatic carbocycles. The second-order valence-corrected chi connectivity index (χ2v) is 11.0. The summed E-state index contributed by atoms with van der Waals surface area (Å²) in [6.07, 6.45) is 1.52. The second-order valence-electron chi connectivity index (χ2n) is 10.5. The summed E-state index contributed by atoms with van der Waals surface area (Å²) in [6.45, 7) is 9.51. The van der Waals surface area contributed by atoms with Crippen LogP contribution in [0, 0.1) is 19.7 Å². The normalized spacial score (nSPS) is 12.8. The number of aromatic nitrogens is 3. The van der Waals surface area contributed by atoms with Gasteiger partial charge in [-0.2, -0.15) is 5.10 Å². The van der Waals surface area contributed by atoms with E-state index >= 15 is 4.39 Å². The number of nitrogens with zero attached hydrogens (tertiary/aromatic N) is 3. The molecule has 0 saturated heterocycles. The Balaban J connectivity index is 0.000000648. The van der Waals surface area contributed by atoms with Crippen molar-refractivity contribution in [2.45, 2.75) is 59.5 Å². The predicted octanol–water partition coefficient (Wildman–Crippen LogP) is 6.29. The summed E-state index contributed by atoms with van der Waals surface area (Å²) in [6, 6.07) is 10.7. The molecule has 9 heteroatoms. The molecular weight excluding hydrogens is 521 g/mol. The van der Waals surface area contributed by atoms with Crippen LogP contribution >= 0.6 is 11.6 Å². The zero-order valence-corrected chi connectivity index (χ0v) is 23.8. The lowest BCUT2D eigenvalue weighted by atomic mass is 9.91. The van der Waals surface area contributed by atoms with E-state index in [1.807, 2.05) is 38.1 Å². The number of hydrogen-bond donors (Lipinski definition) is 1. The number of esters is 1. The molecule has 1 N–H and O–H groups in total. The number of methoxy groups -OCH3 is 1. The number of hydrogen-bond acceptors (Lipinski definition) is 6. The van der Waals surface area contributed by atoms with Crippen molar-refractivity contribution < 1.29 is 23.8 Å². The smallest absolute Gasteiger partial charge is 0.310 e. The van der Waals surface area contributed by atoms with Crippen LogP contribution in [-0.4, -0.2) is 45.0 Å². The number of aliphatic hydroxyl groups is 1. The molecule has 1 aliphatic heterocycles. The van der Waals surface area contributed by atoms with E-state index in [4.69, 9.17) is 36.3 Å². The van der Waals surface area contributed by atoms with E-state index in [9.17, 15) is 4.79 Å². The first kappa shape index (κ1) is 28.5. The molecule has 2 aromatic carbocycles. The SMILES string of the molecule is CC(C)(C)O.COC(=O)Cc1c(C)nc2cc(-c3cccc(Cl)c3)nn2c1-c1cc(F)c2c(c1C)CCCO2. The van der Waals surface area contributed by atoms with Crippen LogP contribution in [0.3, 0.4) is 0 Å². The fourth-order valence-electron chi connectivity index (χ4n) is 4.55. The molecule has 0 radical (unpaired) electrons. The maximum Gasteiger partial charge on any atom is 0.310 e. The van der Waals surface area contributed by atoms with Crippen LogP contribution in [0.15, 0.2) is 36.4 Å². The average molecular weight is 554 g/mol. The number of fused-ring (bicyclic) bond motifs is 2. The zero-order valence-electron chi connectivity index (χ0n) is 23.1. The maximum absolute atomic E-state index is 15.2. The molecule has 0 bridgehead atoms. The highest BCUT2D eigenvalue weighted by atomic mass is 35.5. The number of aryl methyl sites for hydroxylation is 1. The summed E-state index contributed by atoms with van der Waals surface area (Å²) in [5, 5.41) is 13.9. The highest BCUT2D eigenvalue weighted by Gasteiger charge is 2.26. The Morgan fingerprint density at radius 3 is 2.62 bits per heavy atom. The van der Waals surface area contributed by atoms with Crippen molar-refractivity contribution in [2.75, 3.05) is 13.7 Å². The van der Waals surface area contributed by atoms with Crippen molar-refractivity contribution in [3.63, 3.8) is 0 Å². The number of benzene rings is 2. The van der Waals surface area contributed by atoms with Gasteiger partial charge >= 0.3 is 5.97 Å². The third-order valence-corrected chi connectivity index (χ3v) is 6.50. The molecule has 3 heterocycles. The number of ether oxygens (including phenoxy) is 2. The Labute approximate surface area is 232 Å². The van der Waals surface area contributed by atoms with E-state index in [1.165, 1.54) is 13.2 Å². The van der Waals surface area contributed by atoms with Crippen LogP contribution < -0.4 is 4.74 Å². The molecule has 0 fully saturated rings. The van der Waals surface area contributed by atoms with Gasteiger partial charge in [0, 0.05) is 39.0 Å². The molecular formula is C30H33ClFN3O4. The summed E-state index contributed by atoms with van der Waals surface area (Å²) in [5.41, 5.74) is 5.89. The quantitative estimate of drug-likeness (QED) is 0.299. The first-order valence-electron chi connectivity index (χ1n) is 12.8. The average Bonchev–Trinajstić information content (AvgIpc) is 3.29. The van der Waals surface area contributed by atoms with Gasteiger partial charge in [0.15, 0.2) is 17.2 Å². The summed E-state index contributed by atoms with van der Waals surface area (Å²) in [4.78, 5) is 17.0. The van der Waals surface area contributed by atoms with Crippen molar-refractivity contribution in [3.8, 4) is 28.3 Å². The highest BCUT2D eigenvalue weighted by Crippen LogP contribution is 2.39. The molecule has 39 heavy (non-hydrogen) atoms. The van der Waals surface area contributed by atoms with Crippen molar-refractivity contribution >= 4 is 23.2 Å². The van der Waals surface area contributed by atoms with Crippen molar-refractivity contribution in [1.29, 1.82) is 0 Å². The minimum Gasteiger partial charge on any atom is -0.490 e. The van der Waals surface area contributed by atoms with E-state index < -0.39 is 17.4 Å². The van der Waals surface area contributed by atoms with Gasteiger partial charge in [-0.25, -0.2) is 13.9 Å². The fourth-order valence-corrected chi connectivity index (χ4v) is 4.74. The standard InChI is InChI=1S/C26H23ClFN3O3.C4H10O/c1-14-18-8-5-9-34-26(18)21(28)11-19(14)25-20(12-24(32)33-3)15(2)29-23-13-22(30-31(23)25)16-6-4-7-17(27)10-16;1-4(2,3)5/h4,6-7,10-11,13H,5,8-9,12H2,1-3H3;5H,1-3H3. The first-order chi connectivity index (χ1) is 18.4. The Morgan fingerprint density at radius 1 is 1.23 bits per heavy atom. The molecule has 0 saturated carbocycles. The van der Waals surface area contributed by atoms with Crippen LogP contribution in [0.4, 0.5) is 4.39 Å². The van der Waals surface area contributed by atoms with Gasteiger partial charge in [-0.15, -0.1) is 0 Å². The minimum absolute atomic E-state index is 0.0123. The summed E-state index contributed by atoms with van der Waals surface area (Å²) in [7, 11) is 1.34. The molecule has 1 aliphatic rings. The molecule has 2 aromatic heterocycles. The van der Waals surface area contributed by atoms with Crippen LogP contribution in [0.5, 0.6) is 5.75 Å². The lowest BCUT2D eigenvalue weighted by Gasteiger charge is -2.23. The number of carbonyl (C=O) groups excluding carboxylic acids is 1. The maximum atomic E-state index is 15.2. The van der Waals surface area contributed by atoms with Gasteiger partial charge in [0.25, 0.3) is 0 Å². The number of rotatable bonds is 4. The van der Waals surface area contributed by atoms with E-state index in [0.29, 0.717) is 51.2 Å². The van der Waals surface area contributed by atoms with Gasteiger partial charge in [0.05, 0.1) is 37.1 Å². The van der Waals surface area contributed by atoms with Gasteiger partial charge in [0.2, 0.25) is 0 Å². The highest BCUT2D eigenvalue weighted by molar-refractivity contribution is 6.30. The lowest BCUT2D eigenvalue weighted by Crippen LogP contribution is -2.15. The molecule has 0 amide bonds. The van der Waals surface area contributed by atoms with Crippen molar-refractivity contribution in [1.82, 2.24) is 14.6 Å². The lowest BCUT2D eigenvalue weighted by molar-refractivity contribution is -0.139. The summed E-state index contributed by atoms with van der Waals surface area (Å²) < 4.78 is 27.4. The Bertz CT molecular complexity index is 1540. The third-order valence-electron chi connectivity index (χ3n) is 6.27. The molecule has 7 nitrogen and oxygen atoms in total. The third kappa shape index (κ3) is 6.40. The van der Waals surface area contributed by atoms with Crippen molar-refractivity contribution in [2.24, 2.45) is 0 Å². The Hall–Kier alpha value is -3.49. The number of carbonyl (C=O) groups is 1. The fraction of sp³-hybridized carbons (Fsp3) is 0.367. The summed E-state index contributed by atoms with van der Waals surface area (Å²) in [5.74, 6) is -0.527. The van der Waals surface area contributed by atoms with Crippen LogP contribution in [0.1, 0.15) is 49.6 Å². The summed E-state index contributed by atoms with van der Waals surface area (Å²) >= 11 is 6.19. The van der Waals surface area contributed by atoms with E-state index in [0.717, 1.165) is 29.5 Å². The molecule has 0 atom stereocenters. The van der Waals surface area contributed by atoms with Gasteiger partial charge in [-0.3, -0.25) is 4.79 Å². The topological polar surface area (TPSA) is 86.0 Å². The van der Waals surface area contributed by atoms with E-state index in [-0.39, 0.29) is 6.42 Å². The first-order valence-corrected chi connectivity index (χ1v) is 13.1.